The second kappa shape index (κ2) is 6.63. The van der Waals surface area contributed by atoms with Crippen LogP contribution < -0.4 is 0 Å². The fourth-order valence-corrected chi connectivity index (χ4v) is 3.23. The molecule has 3 rings (SSSR count). The van der Waals surface area contributed by atoms with Crippen LogP contribution in [0.15, 0.2) is 30.3 Å². The van der Waals surface area contributed by atoms with Crippen LogP contribution in [-0.2, 0) is 0 Å². The van der Waals surface area contributed by atoms with Crippen molar-refractivity contribution in [3.63, 3.8) is 0 Å². The smallest absolute Gasteiger partial charge is 0.336 e. The molecule has 1 aromatic heterocycles. The van der Waals surface area contributed by atoms with Gasteiger partial charge in [-0.05, 0) is 26.0 Å². The molecule has 25 heavy (non-hydrogen) atoms. The summed E-state index contributed by atoms with van der Waals surface area (Å²) < 4.78 is 37.8. The number of carbonyl (C=O) groups excluding carboxylic acids is 1. The van der Waals surface area contributed by atoms with E-state index in [1.807, 2.05) is 25.1 Å². The Morgan fingerprint density at radius 3 is 2.68 bits per heavy atom. The van der Waals surface area contributed by atoms with Crippen LogP contribution in [0.2, 0.25) is 0 Å². The molecule has 1 saturated heterocycles. The lowest BCUT2D eigenvalue weighted by atomic mass is 10.1. The number of para-hydroxylation sites is 1. The molecule has 1 aliphatic heterocycles. The first-order valence-electron chi connectivity index (χ1n) is 8.21. The van der Waals surface area contributed by atoms with E-state index in [1.165, 1.54) is 4.90 Å². The van der Waals surface area contributed by atoms with Crippen molar-refractivity contribution in [2.75, 3.05) is 26.2 Å². The summed E-state index contributed by atoms with van der Waals surface area (Å²) in [5.74, 6) is -0.179. The average Bonchev–Trinajstić information content (AvgIpc) is 2.54. The summed E-state index contributed by atoms with van der Waals surface area (Å²) in [6.07, 6.45) is -4.22. The molecular formula is C18H20F3N3O. The first-order chi connectivity index (χ1) is 11.7. The topological polar surface area (TPSA) is 36.4 Å². The summed E-state index contributed by atoms with van der Waals surface area (Å²) in [6.45, 7) is 3.41. The van der Waals surface area contributed by atoms with Crippen LogP contribution in [0, 0.1) is 6.92 Å². The molecule has 0 spiro atoms. The number of nitrogens with zero attached hydrogens (tertiary/aromatic N) is 3. The number of aromatic nitrogens is 1. The van der Waals surface area contributed by atoms with Crippen LogP contribution in [0.25, 0.3) is 10.9 Å². The Balaban J connectivity index is 1.80. The molecule has 1 unspecified atom stereocenters. The van der Waals surface area contributed by atoms with Gasteiger partial charge in [-0.3, -0.25) is 14.7 Å². The van der Waals surface area contributed by atoms with Crippen molar-refractivity contribution in [1.82, 2.24) is 14.8 Å². The zero-order valence-corrected chi connectivity index (χ0v) is 14.2. The van der Waals surface area contributed by atoms with Crippen LogP contribution in [0.3, 0.4) is 0 Å². The summed E-state index contributed by atoms with van der Waals surface area (Å²) >= 11 is 0. The third kappa shape index (κ3) is 3.92. The van der Waals surface area contributed by atoms with Crippen LogP contribution in [0.5, 0.6) is 0 Å². The molecule has 1 aromatic carbocycles. The molecular weight excluding hydrogens is 331 g/mol. The van der Waals surface area contributed by atoms with Gasteiger partial charge in [-0.1, -0.05) is 18.2 Å². The number of rotatable bonds is 2. The van der Waals surface area contributed by atoms with Gasteiger partial charge < -0.3 is 4.90 Å². The Kier molecular flexibility index (Phi) is 4.69. The first kappa shape index (κ1) is 17.7. The lowest BCUT2D eigenvalue weighted by Gasteiger charge is -2.40. The van der Waals surface area contributed by atoms with Crippen molar-refractivity contribution in [2.24, 2.45) is 0 Å². The number of pyridine rings is 1. The fraction of sp³-hybridized carbons (Fsp3) is 0.444. The largest absolute Gasteiger partial charge is 0.401 e. The van der Waals surface area contributed by atoms with Crippen LogP contribution >= 0.6 is 0 Å². The molecule has 2 heterocycles. The fourth-order valence-electron chi connectivity index (χ4n) is 3.23. The molecule has 7 heteroatoms. The maximum atomic E-state index is 12.9. The van der Waals surface area contributed by atoms with Gasteiger partial charge in [0.25, 0.3) is 5.91 Å². The molecule has 0 radical (unpaired) electrons. The number of hydrogen-bond donors (Lipinski definition) is 0. The maximum Gasteiger partial charge on any atom is 0.401 e. The molecule has 0 N–H and O–H groups in total. The summed E-state index contributed by atoms with van der Waals surface area (Å²) in [5.41, 5.74) is 1.95. The van der Waals surface area contributed by atoms with Crippen molar-refractivity contribution in [3.8, 4) is 0 Å². The predicted molar refractivity (Wildman–Crippen MR) is 89.5 cm³/mol. The zero-order valence-electron chi connectivity index (χ0n) is 14.2. The number of amides is 1. The van der Waals surface area contributed by atoms with Crippen LogP contribution in [0.1, 0.15) is 23.0 Å². The Morgan fingerprint density at radius 1 is 1.24 bits per heavy atom. The van der Waals surface area contributed by atoms with Gasteiger partial charge in [-0.15, -0.1) is 0 Å². The Morgan fingerprint density at radius 2 is 2.00 bits per heavy atom. The van der Waals surface area contributed by atoms with Gasteiger partial charge in [0, 0.05) is 36.8 Å². The van der Waals surface area contributed by atoms with Crippen LogP contribution in [0.4, 0.5) is 13.2 Å². The van der Waals surface area contributed by atoms with Crippen molar-refractivity contribution < 1.29 is 18.0 Å². The Labute approximate surface area is 144 Å². The van der Waals surface area contributed by atoms with Gasteiger partial charge in [-0.2, -0.15) is 13.2 Å². The molecule has 0 aliphatic carbocycles. The molecule has 1 aliphatic rings. The predicted octanol–water partition coefficient (Wildman–Crippen LogP) is 3.25. The summed E-state index contributed by atoms with van der Waals surface area (Å²) in [6, 6.07) is 8.87. The van der Waals surface area contributed by atoms with Crippen molar-refractivity contribution in [3.05, 3.63) is 41.6 Å². The van der Waals surface area contributed by atoms with Crippen molar-refractivity contribution >= 4 is 16.8 Å². The van der Waals surface area contributed by atoms with Gasteiger partial charge in [0.05, 0.1) is 17.6 Å². The van der Waals surface area contributed by atoms with E-state index in [-0.39, 0.29) is 31.6 Å². The monoisotopic (exact) mass is 351 g/mol. The number of hydrogen-bond acceptors (Lipinski definition) is 3. The minimum atomic E-state index is -4.22. The standard InChI is InChI=1S/C18H20F3N3O/c1-12-6-7-14-4-3-5-15(16(14)22-12)17(25)23-8-9-24(13(2)10-23)11-18(19,20)21/h3-7,13H,8-11H2,1-2H3. The molecule has 0 saturated carbocycles. The van der Waals surface area contributed by atoms with E-state index in [2.05, 4.69) is 4.98 Å². The van der Waals surface area contributed by atoms with Crippen molar-refractivity contribution in [2.45, 2.75) is 26.1 Å². The Hall–Kier alpha value is -2.15. The van der Waals surface area contributed by atoms with E-state index in [4.69, 9.17) is 0 Å². The zero-order chi connectivity index (χ0) is 18.2. The molecule has 1 amide bonds. The normalized spacial score (nSPS) is 19.4. The number of aryl methyl sites for hydroxylation is 1. The van der Waals surface area contributed by atoms with E-state index in [1.54, 1.807) is 24.0 Å². The third-order valence-electron chi connectivity index (χ3n) is 4.52. The molecule has 0 bridgehead atoms. The molecule has 1 fully saturated rings. The molecule has 2 aromatic rings. The van der Waals surface area contributed by atoms with E-state index >= 15 is 0 Å². The van der Waals surface area contributed by atoms with Gasteiger partial charge in [0.1, 0.15) is 0 Å². The SMILES string of the molecule is Cc1ccc2cccc(C(=O)N3CCN(CC(F)(F)F)C(C)C3)c2n1. The first-order valence-corrected chi connectivity index (χ1v) is 8.21. The van der Waals surface area contributed by atoms with E-state index in [9.17, 15) is 18.0 Å². The number of fused-ring (bicyclic) bond motifs is 1. The highest BCUT2D eigenvalue weighted by molar-refractivity contribution is 6.05. The summed E-state index contributed by atoms with van der Waals surface area (Å²) in [7, 11) is 0. The quantitative estimate of drug-likeness (QED) is 0.833. The van der Waals surface area contributed by atoms with Gasteiger partial charge in [0.15, 0.2) is 0 Å². The lowest BCUT2D eigenvalue weighted by molar-refractivity contribution is -0.153. The summed E-state index contributed by atoms with van der Waals surface area (Å²) in [4.78, 5) is 20.4. The number of halogens is 3. The highest BCUT2D eigenvalue weighted by Gasteiger charge is 2.36. The molecule has 1 atom stereocenters. The minimum Gasteiger partial charge on any atom is -0.336 e. The minimum absolute atomic E-state index is 0.179. The highest BCUT2D eigenvalue weighted by atomic mass is 19.4. The average molecular weight is 351 g/mol. The second-order valence-electron chi connectivity index (χ2n) is 6.52. The Bertz CT molecular complexity index is 791. The number of alkyl halides is 3. The highest BCUT2D eigenvalue weighted by Crippen LogP contribution is 2.23. The number of carbonyl (C=O) groups is 1. The van der Waals surface area contributed by atoms with E-state index in [0.717, 1.165) is 11.1 Å². The van der Waals surface area contributed by atoms with Gasteiger partial charge in [0.2, 0.25) is 0 Å². The van der Waals surface area contributed by atoms with Gasteiger partial charge >= 0.3 is 6.18 Å². The second-order valence-corrected chi connectivity index (χ2v) is 6.52. The third-order valence-corrected chi connectivity index (χ3v) is 4.52. The number of benzene rings is 1. The van der Waals surface area contributed by atoms with Crippen molar-refractivity contribution in [1.29, 1.82) is 0 Å². The molecule has 4 nitrogen and oxygen atoms in total. The van der Waals surface area contributed by atoms with Gasteiger partial charge in [-0.25, -0.2) is 0 Å². The maximum absolute atomic E-state index is 12.9. The molecule has 134 valence electrons. The summed E-state index contributed by atoms with van der Waals surface area (Å²) in [5, 5.41) is 0.875. The number of piperazine rings is 1. The van der Waals surface area contributed by atoms with E-state index < -0.39 is 12.7 Å². The lowest BCUT2D eigenvalue weighted by Crippen LogP contribution is -2.55. The van der Waals surface area contributed by atoms with E-state index in [0.29, 0.717) is 11.1 Å². The van der Waals surface area contributed by atoms with Crippen LogP contribution in [-0.4, -0.2) is 59.1 Å².